The molecule has 2 aromatic carbocycles. The van der Waals surface area contributed by atoms with Gasteiger partial charge in [0.15, 0.2) is 0 Å². The molecule has 0 amide bonds. The maximum atomic E-state index is 12.9. The fourth-order valence-electron chi connectivity index (χ4n) is 5.20. The van der Waals surface area contributed by atoms with Crippen LogP contribution in [-0.4, -0.2) is 30.2 Å². The highest BCUT2D eigenvalue weighted by Gasteiger charge is 2.44. The van der Waals surface area contributed by atoms with Crippen LogP contribution in [0.1, 0.15) is 47.4 Å². The highest BCUT2D eigenvalue weighted by Crippen LogP contribution is 2.43. The molecule has 166 valence electrons. The number of aliphatic hydroxyl groups excluding tert-OH is 1. The zero-order valence-electron chi connectivity index (χ0n) is 17.7. The van der Waals surface area contributed by atoms with Crippen molar-refractivity contribution >= 4 is 5.78 Å². The number of benzene rings is 2. The third-order valence-corrected chi connectivity index (χ3v) is 6.75. The number of rotatable bonds is 4. The highest BCUT2D eigenvalue weighted by molar-refractivity contribution is 5.90. The molecule has 0 bridgehead atoms. The van der Waals surface area contributed by atoms with Gasteiger partial charge in [0.05, 0.1) is 17.6 Å². The number of aliphatic hydroxyl groups is 1. The lowest BCUT2D eigenvalue weighted by atomic mass is 9.83. The molecule has 3 nitrogen and oxygen atoms in total. The summed E-state index contributed by atoms with van der Waals surface area (Å²) >= 11 is 0. The topological polar surface area (TPSA) is 46.5 Å². The number of ether oxygens (including phenoxy) is 1. The van der Waals surface area contributed by atoms with Gasteiger partial charge in [0, 0.05) is 19.6 Å². The average molecular weight is 432 g/mol. The van der Waals surface area contributed by atoms with E-state index in [1.807, 2.05) is 26.0 Å². The van der Waals surface area contributed by atoms with Crippen molar-refractivity contribution in [2.24, 2.45) is 11.8 Å². The maximum Gasteiger partial charge on any atom is 0.416 e. The lowest BCUT2D eigenvalue weighted by molar-refractivity contribution is -0.137. The van der Waals surface area contributed by atoms with Gasteiger partial charge in [-0.25, -0.2) is 0 Å². The molecular weight excluding hydrogens is 405 g/mol. The van der Waals surface area contributed by atoms with Crippen molar-refractivity contribution in [2.75, 3.05) is 13.2 Å². The Morgan fingerprint density at radius 3 is 2.26 bits per heavy atom. The second kappa shape index (κ2) is 8.40. The molecule has 4 rings (SSSR count). The minimum absolute atomic E-state index is 0.0578. The molecule has 0 radical (unpaired) electrons. The van der Waals surface area contributed by atoms with E-state index in [1.165, 1.54) is 12.1 Å². The van der Waals surface area contributed by atoms with E-state index in [2.05, 4.69) is 0 Å². The van der Waals surface area contributed by atoms with Gasteiger partial charge in [-0.2, -0.15) is 13.2 Å². The zero-order chi connectivity index (χ0) is 22.3. The summed E-state index contributed by atoms with van der Waals surface area (Å²) < 4.78 is 44.0. The summed E-state index contributed by atoms with van der Waals surface area (Å²) in [6.45, 7) is 5.23. The van der Waals surface area contributed by atoms with E-state index in [0.717, 1.165) is 53.8 Å². The molecule has 0 aromatic heterocycles. The Balaban J connectivity index is 1.59. The van der Waals surface area contributed by atoms with Gasteiger partial charge in [0.2, 0.25) is 0 Å². The van der Waals surface area contributed by atoms with Gasteiger partial charge >= 0.3 is 6.18 Å². The molecule has 31 heavy (non-hydrogen) atoms. The van der Waals surface area contributed by atoms with Gasteiger partial charge in [0.25, 0.3) is 0 Å². The van der Waals surface area contributed by atoms with Crippen molar-refractivity contribution in [3.63, 3.8) is 0 Å². The normalized spacial score (nSPS) is 26.6. The van der Waals surface area contributed by atoms with Crippen LogP contribution in [0.3, 0.4) is 0 Å². The van der Waals surface area contributed by atoms with Crippen LogP contribution in [0.2, 0.25) is 0 Å². The third kappa shape index (κ3) is 4.41. The van der Waals surface area contributed by atoms with Crippen molar-refractivity contribution in [1.29, 1.82) is 0 Å². The lowest BCUT2D eigenvalue weighted by Crippen LogP contribution is -2.24. The first-order chi connectivity index (χ1) is 14.6. The molecular formula is C25H27F3O3. The quantitative estimate of drug-likeness (QED) is 0.699. The number of hydrogen-bond donors (Lipinski definition) is 1. The first kappa shape index (κ1) is 22.0. The molecule has 1 saturated heterocycles. The molecule has 2 aromatic rings. The molecule has 1 N–H and O–H groups in total. The molecule has 1 aliphatic carbocycles. The summed E-state index contributed by atoms with van der Waals surface area (Å²) in [5.74, 6) is -0.146. The summed E-state index contributed by atoms with van der Waals surface area (Å²) in [7, 11) is 0. The van der Waals surface area contributed by atoms with E-state index in [1.54, 1.807) is 0 Å². The summed E-state index contributed by atoms with van der Waals surface area (Å²) in [4.78, 5) is 12.9. The van der Waals surface area contributed by atoms with Crippen LogP contribution in [-0.2, 0) is 15.7 Å². The average Bonchev–Trinajstić information content (AvgIpc) is 3.30. The van der Waals surface area contributed by atoms with Crippen LogP contribution < -0.4 is 0 Å². The Bertz CT molecular complexity index is 936. The Kier molecular flexibility index (Phi) is 5.97. The lowest BCUT2D eigenvalue weighted by Gasteiger charge is -2.24. The number of halogens is 3. The molecule has 0 spiro atoms. The van der Waals surface area contributed by atoms with Gasteiger partial charge < -0.3 is 9.84 Å². The van der Waals surface area contributed by atoms with Crippen LogP contribution in [0.25, 0.3) is 11.1 Å². The van der Waals surface area contributed by atoms with E-state index >= 15 is 0 Å². The Hall–Kier alpha value is -2.18. The summed E-state index contributed by atoms with van der Waals surface area (Å²) in [6, 6.07) is 8.87. The minimum Gasteiger partial charge on any atom is -0.392 e. The summed E-state index contributed by atoms with van der Waals surface area (Å²) in [6.07, 6.45) is -2.94. The number of ketones is 1. The van der Waals surface area contributed by atoms with Crippen molar-refractivity contribution in [2.45, 2.75) is 51.3 Å². The molecule has 6 heteroatoms. The van der Waals surface area contributed by atoms with Gasteiger partial charge in [-0.15, -0.1) is 0 Å². The van der Waals surface area contributed by atoms with E-state index in [9.17, 15) is 23.1 Å². The van der Waals surface area contributed by atoms with Crippen LogP contribution in [0, 0.1) is 25.7 Å². The molecule has 1 aliphatic heterocycles. The number of Topliss-reactive ketones (excluding diaryl/α,β-unsaturated/α-hetero) is 1. The highest BCUT2D eigenvalue weighted by atomic mass is 19.4. The van der Waals surface area contributed by atoms with Crippen LogP contribution >= 0.6 is 0 Å². The predicted molar refractivity (Wildman–Crippen MR) is 112 cm³/mol. The molecule has 4 atom stereocenters. The molecule has 2 fully saturated rings. The molecule has 2 aliphatic rings. The standard InChI is InChI=1S/C25H27F3O3/c1-14-9-18(17-3-5-20(6-4-17)25(26,27)28)10-15(2)22(14)23-21(29)12-19(24(23)30)11-16-7-8-31-13-16/h3-6,9-10,16,19,23-24,30H,7-8,11-13H2,1-2H3. The molecule has 1 saturated carbocycles. The van der Waals surface area contributed by atoms with Gasteiger partial charge in [-0.3, -0.25) is 4.79 Å². The van der Waals surface area contributed by atoms with Gasteiger partial charge in [0.1, 0.15) is 5.78 Å². The van der Waals surface area contributed by atoms with Crippen LogP contribution in [0.5, 0.6) is 0 Å². The summed E-state index contributed by atoms with van der Waals surface area (Å²) in [5, 5.41) is 11.0. The number of hydrogen-bond acceptors (Lipinski definition) is 3. The first-order valence-corrected chi connectivity index (χ1v) is 10.7. The fourth-order valence-corrected chi connectivity index (χ4v) is 5.20. The van der Waals surface area contributed by atoms with Crippen molar-refractivity contribution in [3.8, 4) is 11.1 Å². The van der Waals surface area contributed by atoms with Crippen LogP contribution in [0.15, 0.2) is 36.4 Å². The second-order valence-electron chi connectivity index (χ2n) is 8.96. The number of carbonyl (C=O) groups excluding carboxylic acids is 1. The number of alkyl halides is 3. The second-order valence-corrected chi connectivity index (χ2v) is 8.96. The van der Waals surface area contributed by atoms with Crippen molar-refractivity contribution in [3.05, 3.63) is 58.7 Å². The van der Waals surface area contributed by atoms with E-state index in [-0.39, 0.29) is 11.7 Å². The van der Waals surface area contributed by atoms with Crippen molar-refractivity contribution in [1.82, 2.24) is 0 Å². The SMILES string of the molecule is Cc1cc(-c2ccc(C(F)(F)F)cc2)cc(C)c1C1C(=O)CC(CC2CCOC2)C1O. The first-order valence-electron chi connectivity index (χ1n) is 10.7. The van der Waals surface area contributed by atoms with E-state index < -0.39 is 23.8 Å². The number of aryl methyl sites for hydroxylation is 2. The maximum absolute atomic E-state index is 12.9. The van der Waals surface area contributed by atoms with Gasteiger partial charge in [-0.1, -0.05) is 24.3 Å². The monoisotopic (exact) mass is 432 g/mol. The smallest absolute Gasteiger partial charge is 0.392 e. The zero-order valence-corrected chi connectivity index (χ0v) is 17.7. The third-order valence-electron chi connectivity index (χ3n) is 6.75. The molecule has 1 heterocycles. The van der Waals surface area contributed by atoms with Crippen molar-refractivity contribution < 1.29 is 27.8 Å². The molecule has 4 unspecified atom stereocenters. The van der Waals surface area contributed by atoms with Crippen LogP contribution in [0.4, 0.5) is 13.2 Å². The fraction of sp³-hybridized carbons (Fsp3) is 0.480. The Labute approximate surface area is 180 Å². The van der Waals surface area contributed by atoms with Gasteiger partial charge in [-0.05, 0) is 78.5 Å². The Morgan fingerprint density at radius 1 is 1.06 bits per heavy atom. The van der Waals surface area contributed by atoms with E-state index in [0.29, 0.717) is 24.5 Å². The predicted octanol–water partition coefficient (Wildman–Crippen LogP) is 5.45. The van der Waals surface area contributed by atoms with E-state index in [4.69, 9.17) is 4.74 Å². The largest absolute Gasteiger partial charge is 0.416 e. The minimum atomic E-state index is -4.37. The number of carbonyl (C=O) groups is 1. The summed E-state index contributed by atoms with van der Waals surface area (Å²) in [5.41, 5.74) is 3.39. The Morgan fingerprint density at radius 2 is 1.71 bits per heavy atom.